The largest absolute Gasteiger partial charge is 0.481 e. The first-order chi connectivity index (χ1) is 10.9. The maximum atomic E-state index is 12.3. The van der Waals surface area contributed by atoms with Gasteiger partial charge < -0.3 is 10.1 Å². The van der Waals surface area contributed by atoms with Gasteiger partial charge in [-0.15, -0.1) is 0 Å². The summed E-state index contributed by atoms with van der Waals surface area (Å²) in [7, 11) is 0. The molecule has 0 aliphatic rings. The van der Waals surface area contributed by atoms with Gasteiger partial charge in [-0.25, -0.2) is 0 Å². The van der Waals surface area contributed by atoms with E-state index >= 15 is 0 Å². The van der Waals surface area contributed by atoms with E-state index in [-0.39, 0.29) is 11.9 Å². The Balaban J connectivity index is 1.98. The van der Waals surface area contributed by atoms with Crippen molar-refractivity contribution in [3.63, 3.8) is 0 Å². The zero-order valence-corrected chi connectivity index (χ0v) is 14.5. The van der Waals surface area contributed by atoms with Crippen LogP contribution in [0.4, 0.5) is 0 Å². The summed E-state index contributed by atoms with van der Waals surface area (Å²) in [5, 5.41) is 3.00. The Bertz CT molecular complexity index is 677. The fourth-order valence-corrected chi connectivity index (χ4v) is 2.44. The Labute approximate surface area is 138 Å². The number of nitrogens with one attached hydrogen (secondary N) is 1. The van der Waals surface area contributed by atoms with Gasteiger partial charge in [-0.1, -0.05) is 47.5 Å². The third kappa shape index (κ3) is 4.59. The SMILES string of the molecule is Cc1ccc(C(C)NC(=O)C(C)Oc2ccc(C)cc2C)cc1. The molecule has 2 aromatic rings. The zero-order valence-electron chi connectivity index (χ0n) is 14.5. The topological polar surface area (TPSA) is 38.3 Å². The normalized spacial score (nSPS) is 13.3. The van der Waals surface area contributed by atoms with Crippen LogP contribution in [-0.4, -0.2) is 12.0 Å². The number of ether oxygens (including phenoxy) is 1. The van der Waals surface area contributed by atoms with Crippen LogP contribution in [0.15, 0.2) is 42.5 Å². The Morgan fingerprint density at radius 1 is 0.957 bits per heavy atom. The highest BCUT2D eigenvalue weighted by Gasteiger charge is 2.18. The highest BCUT2D eigenvalue weighted by molar-refractivity contribution is 5.81. The third-order valence-corrected chi connectivity index (χ3v) is 3.94. The molecule has 2 aromatic carbocycles. The van der Waals surface area contributed by atoms with Gasteiger partial charge >= 0.3 is 0 Å². The Kier molecular flexibility index (Phi) is 5.43. The van der Waals surface area contributed by atoms with Gasteiger partial charge in [-0.2, -0.15) is 0 Å². The van der Waals surface area contributed by atoms with Gasteiger partial charge in [-0.05, 0) is 51.8 Å². The van der Waals surface area contributed by atoms with E-state index in [0.29, 0.717) is 0 Å². The Morgan fingerprint density at radius 3 is 2.17 bits per heavy atom. The molecule has 0 fully saturated rings. The first kappa shape index (κ1) is 17.1. The average Bonchev–Trinajstić information content (AvgIpc) is 2.50. The van der Waals surface area contributed by atoms with Gasteiger partial charge in [0.1, 0.15) is 5.75 Å². The molecule has 3 heteroatoms. The maximum absolute atomic E-state index is 12.3. The van der Waals surface area contributed by atoms with E-state index in [0.717, 1.165) is 16.9 Å². The third-order valence-electron chi connectivity index (χ3n) is 3.94. The summed E-state index contributed by atoms with van der Waals surface area (Å²) in [5.41, 5.74) is 4.51. The van der Waals surface area contributed by atoms with Crippen LogP contribution in [0.1, 0.15) is 42.1 Å². The van der Waals surface area contributed by atoms with E-state index in [2.05, 4.69) is 11.4 Å². The van der Waals surface area contributed by atoms with E-state index in [4.69, 9.17) is 4.74 Å². The molecule has 0 bridgehead atoms. The Hall–Kier alpha value is -2.29. The lowest BCUT2D eigenvalue weighted by Crippen LogP contribution is -2.37. The van der Waals surface area contributed by atoms with Crippen molar-refractivity contribution in [1.82, 2.24) is 5.32 Å². The summed E-state index contributed by atoms with van der Waals surface area (Å²) < 4.78 is 5.81. The van der Waals surface area contributed by atoms with Gasteiger partial charge in [0.2, 0.25) is 0 Å². The van der Waals surface area contributed by atoms with Crippen molar-refractivity contribution in [3.05, 3.63) is 64.7 Å². The molecule has 0 aliphatic carbocycles. The van der Waals surface area contributed by atoms with Crippen LogP contribution in [-0.2, 0) is 4.79 Å². The molecule has 0 aliphatic heterocycles. The van der Waals surface area contributed by atoms with Crippen molar-refractivity contribution in [2.75, 3.05) is 0 Å². The summed E-state index contributed by atoms with van der Waals surface area (Å²) >= 11 is 0. The number of carbonyl (C=O) groups excluding carboxylic acids is 1. The van der Waals surface area contributed by atoms with Gasteiger partial charge in [0, 0.05) is 0 Å². The van der Waals surface area contributed by atoms with Gasteiger partial charge in [0.05, 0.1) is 6.04 Å². The summed E-state index contributed by atoms with van der Waals surface area (Å²) in [6, 6.07) is 14.1. The van der Waals surface area contributed by atoms with Crippen LogP contribution in [0.2, 0.25) is 0 Å². The first-order valence-corrected chi connectivity index (χ1v) is 7.97. The molecular weight excluding hydrogens is 286 g/mol. The van der Waals surface area contributed by atoms with Gasteiger partial charge in [0.25, 0.3) is 5.91 Å². The minimum Gasteiger partial charge on any atom is -0.481 e. The van der Waals surface area contributed by atoms with Crippen molar-refractivity contribution in [1.29, 1.82) is 0 Å². The van der Waals surface area contributed by atoms with Gasteiger partial charge in [0.15, 0.2) is 6.10 Å². The van der Waals surface area contributed by atoms with Crippen LogP contribution in [0, 0.1) is 20.8 Å². The van der Waals surface area contributed by atoms with Crippen molar-refractivity contribution < 1.29 is 9.53 Å². The second-order valence-electron chi connectivity index (χ2n) is 6.17. The molecule has 0 saturated carbocycles. The van der Waals surface area contributed by atoms with E-state index in [9.17, 15) is 4.79 Å². The molecule has 122 valence electrons. The van der Waals surface area contributed by atoms with Crippen LogP contribution >= 0.6 is 0 Å². The second-order valence-corrected chi connectivity index (χ2v) is 6.17. The monoisotopic (exact) mass is 311 g/mol. The standard InChI is InChI=1S/C20H25NO2/c1-13-6-9-18(10-7-13)16(4)21-20(22)17(5)23-19-11-8-14(2)12-15(19)3/h6-12,16-17H,1-5H3,(H,21,22). The summed E-state index contributed by atoms with van der Waals surface area (Å²) in [6.07, 6.45) is -0.538. The molecule has 0 spiro atoms. The van der Waals surface area contributed by atoms with Crippen LogP contribution in [0.25, 0.3) is 0 Å². The van der Waals surface area contributed by atoms with Crippen molar-refractivity contribution in [3.8, 4) is 5.75 Å². The number of carbonyl (C=O) groups is 1. The minimum absolute atomic E-state index is 0.0479. The lowest BCUT2D eigenvalue weighted by molar-refractivity contribution is -0.127. The van der Waals surface area contributed by atoms with Crippen molar-refractivity contribution in [2.24, 2.45) is 0 Å². The number of hydrogen-bond acceptors (Lipinski definition) is 2. The molecule has 23 heavy (non-hydrogen) atoms. The van der Waals surface area contributed by atoms with E-state index < -0.39 is 6.10 Å². The second kappa shape index (κ2) is 7.32. The van der Waals surface area contributed by atoms with Crippen LogP contribution < -0.4 is 10.1 Å². The molecule has 0 aromatic heterocycles. The molecule has 3 nitrogen and oxygen atoms in total. The zero-order chi connectivity index (χ0) is 17.0. The highest BCUT2D eigenvalue weighted by atomic mass is 16.5. The van der Waals surface area contributed by atoms with Crippen molar-refractivity contribution in [2.45, 2.75) is 46.8 Å². The molecular formula is C20H25NO2. The lowest BCUT2D eigenvalue weighted by atomic mass is 10.1. The quantitative estimate of drug-likeness (QED) is 0.896. The van der Waals surface area contributed by atoms with Crippen molar-refractivity contribution >= 4 is 5.91 Å². The minimum atomic E-state index is -0.538. The molecule has 0 saturated heterocycles. The molecule has 1 N–H and O–H groups in total. The molecule has 2 unspecified atom stereocenters. The number of amides is 1. The molecule has 2 atom stereocenters. The smallest absolute Gasteiger partial charge is 0.261 e. The summed E-state index contributed by atoms with van der Waals surface area (Å²) in [6.45, 7) is 9.83. The Morgan fingerprint density at radius 2 is 1.57 bits per heavy atom. The average molecular weight is 311 g/mol. The van der Waals surface area contributed by atoms with Crippen LogP contribution in [0.5, 0.6) is 5.75 Å². The molecule has 2 rings (SSSR count). The number of hydrogen-bond donors (Lipinski definition) is 1. The fraction of sp³-hybridized carbons (Fsp3) is 0.350. The maximum Gasteiger partial charge on any atom is 0.261 e. The van der Waals surface area contributed by atoms with Crippen LogP contribution in [0.3, 0.4) is 0 Å². The summed E-state index contributed by atoms with van der Waals surface area (Å²) in [4.78, 5) is 12.3. The van der Waals surface area contributed by atoms with E-state index in [1.165, 1.54) is 11.1 Å². The fourth-order valence-electron chi connectivity index (χ4n) is 2.44. The first-order valence-electron chi connectivity index (χ1n) is 7.97. The molecule has 1 amide bonds. The predicted octanol–water partition coefficient (Wildman–Crippen LogP) is 4.26. The molecule has 0 radical (unpaired) electrons. The highest BCUT2D eigenvalue weighted by Crippen LogP contribution is 2.20. The van der Waals surface area contributed by atoms with E-state index in [1.807, 2.05) is 64.1 Å². The number of rotatable bonds is 5. The number of benzene rings is 2. The summed E-state index contributed by atoms with van der Waals surface area (Å²) in [5.74, 6) is 0.638. The number of aryl methyl sites for hydroxylation is 3. The van der Waals surface area contributed by atoms with E-state index in [1.54, 1.807) is 6.92 Å². The van der Waals surface area contributed by atoms with Gasteiger partial charge in [-0.3, -0.25) is 4.79 Å². The predicted molar refractivity (Wildman–Crippen MR) is 93.7 cm³/mol. The molecule has 0 heterocycles. The lowest BCUT2D eigenvalue weighted by Gasteiger charge is -2.20.